The van der Waals surface area contributed by atoms with Gasteiger partial charge in [-0.25, -0.2) is 0 Å². The minimum absolute atomic E-state index is 0.0725. The Morgan fingerprint density at radius 3 is 2.36 bits per heavy atom. The Bertz CT molecular complexity index is 461. The fraction of sp³-hybridized carbons (Fsp3) is 0.333. The summed E-state index contributed by atoms with van der Waals surface area (Å²) in [6.45, 7) is 6.48. The van der Waals surface area contributed by atoms with Crippen molar-refractivity contribution in [2.75, 3.05) is 5.73 Å². The van der Waals surface area contributed by atoms with Crippen LogP contribution < -0.4 is 5.73 Å². The van der Waals surface area contributed by atoms with Crippen molar-refractivity contribution in [1.82, 2.24) is 4.98 Å². The smallest absolute Gasteiger partial charge is 0.0610 e. The van der Waals surface area contributed by atoms with Crippen LogP contribution in [0.4, 0.5) is 5.69 Å². The van der Waals surface area contributed by atoms with Gasteiger partial charge in [0.15, 0.2) is 0 Å². The molecule has 1 aromatic heterocycles. The molecule has 2 aromatic rings. The largest absolute Gasteiger partial charge is 0.397 e. The quantitative estimate of drug-likeness (QED) is 0.655. The number of para-hydroxylation sites is 1. The average molecular weight is 188 g/mol. The maximum absolute atomic E-state index is 6.09. The van der Waals surface area contributed by atoms with E-state index in [1.54, 1.807) is 0 Å². The number of fused-ring (bicyclic) bond motifs is 1. The second kappa shape index (κ2) is 2.77. The van der Waals surface area contributed by atoms with E-state index in [4.69, 9.17) is 5.73 Å². The normalized spacial score (nSPS) is 12.2. The minimum Gasteiger partial charge on any atom is -0.397 e. The monoisotopic (exact) mass is 188 g/mol. The van der Waals surface area contributed by atoms with Crippen LogP contribution >= 0.6 is 0 Å². The molecule has 0 amide bonds. The van der Waals surface area contributed by atoms with Gasteiger partial charge in [-0.05, 0) is 6.07 Å². The molecule has 1 heterocycles. The van der Waals surface area contributed by atoms with Crippen LogP contribution in [0.2, 0.25) is 0 Å². The third kappa shape index (κ3) is 1.27. The Morgan fingerprint density at radius 2 is 1.79 bits per heavy atom. The Labute approximate surface area is 84.1 Å². The number of hydrogen-bond acceptors (Lipinski definition) is 1. The highest BCUT2D eigenvalue weighted by Crippen LogP contribution is 2.32. The summed E-state index contributed by atoms with van der Waals surface area (Å²) in [5.41, 5.74) is 9.29. The van der Waals surface area contributed by atoms with Crippen LogP contribution in [0.15, 0.2) is 24.3 Å². The summed E-state index contributed by atoms with van der Waals surface area (Å²) in [4.78, 5) is 3.38. The van der Waals surface area contributed by atoms with Gasteiger partial charge in [0.1, 0.15) is 0 Å². The molecule has 0 saturated heterocycles. The average Bonchev–Trinajstić information content (AvgIpc) is 2.44. The van der Waals surface area contributed by atoms with Crippen molar-refractivity contribution in [2.45, 2.75) is 26.2 Å². The topological polar surface area (TPSA) is 41.8 Å². The lowest BCUT2D eigenvalue weighted by Gasteiger charge is -2.17. The van der Waals surface area contributed by atoms with Crippen molar-refractivity contribution in [2.24, 2.45) is 0 Å². The van der Waals surface area contributed by atoms with Gasteiger partial charge < -0.3 is 10.7 Å². The molecule has 2 rings (SSSR count). The molecular formula is C12H16N2. The third-order valence-corrected chi connectivity index (χ3v) is 2.50. The van der Waals surface area contributed by atoms with Crippen molar-refractivity contribution >= 4 is 16.6 Å². The van der Waals surface area contributed by atoms with Gasteiger partial charge in [0.25, 0.3) is 0 Å². The summed E-state index contributed by atoms with van der Waals surface area (Å²) in [5, 5.41) is 1.12. The maximum atomic E-state index is 6.09. The van der Waals surface area contributed by atoms with Gasteiger partial charge in [-0.1, -0.05) is 39.0 Å². The first kappa shape index (κ1) is 9.13. The van der Waals surface area contributed by atoms with E-state index in [-0.39, 0.29) is 5.41 Å². The lowest BCUT2D eigenvalue weighted by Crippen LogP contribution is -2.13. The molecule has 0 aliphatic rings. The van der Waals surface area contributed by atoms with E-state index in [1.165, 1.54) is 0 Å². The van der Waals surface area contributed by atoms with Crippen LogP contribution in [0.3, 0.4) is 0 Å². The fourth-order valence-corrected chi connectivity index (χ4v) is 1.76. The van der Waals surface area contributed by atoms with Gasteiger partial charge in [0.05, 0.1) is 5.69 Å². The molecule has 0 saturated carbocycles. The first-order valence-corrected chi connectivity index (χ1v) is 4.87. The first-order chi connectivity index (χ1) is 6.50. The molecule has 2 nitrogen and oxygen atoms in total. The number of anilines is 1. The van der Waals surface area contributed by atoms with E-state index in [2.05, 4.69) is 37.9 Å². The molecule has 2 heteroatoms. The number of rotatable bonds is 0. The molecule has 0 fully saturated rings. The van der Waals surface area contributed by atoms with Gasteiger partial charge in [-0.2, -0.15) is 0 Å². The van der Waals surface area contributed by atoms with Crippen molar-refractivity contribution in [3.05, 3.63) is 30.0 Å². The molecule has 0 aliphatic carbocycles. The van der Waals surface area contributed by atoms with Gasteiger partial charge in [0, 0.05) is 22.0 Å². The molecule has 0 radical (unpaired) electrons. The number of aromatic nitrogens is 1. The van der Waals surface area contributed by atoms with Gasteiger partial charge >= 0.3 is 0 Å². The van der Waals surface area contributed by atoms with Crippen molar-refractivity contribution in [3.63, 3.8) is 0 Å². The number of hydrogen-bond donors (Lipinski definition) is 2. The van der Waals surface area contributed by atoms with E-state index in [0.29, 0.717) is 0 Å². The number of nitrogens with two attached hydrogens (primary N) is 1. The summed E-state index contributed by atoms with van der Waals surface area (Å²) in [5.74, 6) is 0. The second-order valence-corrected chi connectivity index (χ2v) is 4.71. The molecule has 1 aromatic carbocycles. The highest BCUT2D eigenvalue weighted by Gasteiger charge is 2.20. The van der Waals surface area contributed by atoms with Crippen LogP contribution in [0.1, 0.15) is 26.5 Å². The van der Waals surface area contributed by atoms with E-state index < -0.39 is 0 Å². The number of nitrogens with one attached hydrogen (secondary N) is 1. The minimum atomic E-state index is 0.0725. The summed E-state index contributed by atoms with van der Waals surface area (Å²) >= 11 is 0. The van der Waals surface area contributed by atoms with Gasteiger partial charge in [0.2, 0.25) is 0 Å². The third-order valence-electron chi connectivity index (χ3n) is 2.50. The molecule has 0 unspecified atom stereocenters. The zero-order valence-electron chi connectivity index (χ0n) is 8.89. The van der Waals surface area contributed by atoms with Crippen LogP contribution in [0, 0.1) is 0 Å². The number of H-pyrrole nitrogens is 1. The second-order valence-electron chi connectivity index (χ2n) is 4.71. The summed E-state index contributed by atoms with van der Waals surface area (Å²) < 4.78 is 0. The highest BCUT2D eigenvalue weighted by molar-refractivity contribution is 5.93. The molecular weight excluding hydrogens is 172 g/mol. The van der Waals surface area contributed by atoms with Crippen LogP contribution in [0.25, 0.3) is 10.9 Å². The van der Waals surface area contributed by atoms with E-state index in [1.807, 2.05) is 12.1 Å². The molecule has 0 bridgehead atoms. The van der Waals surface area contributed by atoms with Crippen molar-refractivity contribution in [3.8, 4) is 0 Å². The van der Waals surface area contributed by atoms with Crippen LogP contribution in [0.5, 0.6) is 0 Å². The SMILES string of the molecule is CC(C)(C)c1[nH]c2ccccc2c1N. The Morgan fingerprint density at radius 1 is 1.14 bits per heavy atom. The summed E-state index contributed by atoms with van der Waals surface area (Å²) in [6.07, 6.45) is 0. The lowest BCUT2D eigenvalue weighted by molar-refractivity contribution is 0.576. The predicted molar refractivity (Wildman–Crippen MR) is 61.4 cm³/mol. The van der Waals surface area contributed by atoms with Crippen LogP contribution in [-0.2, 0) is 5.41 Å². The number of aromatic amines is 1. The Kier molecular flexibility index (Phi) is 1.81. The molecule has 3 N–H and O–H groups in total. The van der Waals surface area contributed by atoms with Crippen LogP contribution in [-0.4, -0.2) is 4.98 Å². The summed E-state index contributed by atoms with van der Waals surface area (Å²) in [7, 11) is 0. The van der Waals surface area contributed by atoms with Crippen molar-refractivity contribution < 1.29 is 0 Å². The zero-order chi connectivity index (χ0) is 10.3. The summed E-state index contributed by atoms with van der Waals surface area (Å²) in [6, 6.07) is 8.14. The fourth-order valence-electron chi connectivity index (χ4n) is 1.76. The molecule has 0 spiro atoms. The maximum Gasteiger partial charge on any atom is 0.0610 e. The Hall–Kier alpha value is -1.44. The lowest BCUT2D eigenvalue weighted by atomic mass is 9.91. The predicted octanol–water partition coefficient (Wildman–Crippen LogP) is 3.05. The van der Waals surface area contributed by atoms with E-state index >= 15 is 0 Å². The standard InChI is InChI=1S/C12H16N2/c1-12(2,3)11-10(13)8-6-4-5-7-9(8)14-11/h4-7,14H,13H2,1-3H3. The number of nitrogen functional groups attached to an aromatic ring is 1. The molecule has 0 aliphatic heterocycles. The van der Waals surface area contributed by atoms with E-state index in [0.717, 1.165) is 22.3 Å². The van der Waals surface area contributed by atoms with E-state index in [9.17, 15) is 0 Å². The van der Waals surface area contributed by atoms with Gasteiger partial charge in [-0.15, -0.1) is 0 Å². The molecule has 74 valence electrons. The van der Waals surface area contributed by atoms with Crippen molar-refractivity contribution in [1.29, 1.82) is 0 Å². The van der Waals surface area contributed by atoms with Gasteiger partial charge in [-0.3, -0.25) is 0 Å². The molecule has 0 atom stereocenters. The molecule has 14 heavy (non-hydrogen) atoms. The Balaban J connectivity index is 2.75. The highest BCUT2D eigenvalue weighted by atomic mass is 14.8. The zero-order valence-corrected chi connectivity index (χ0v) is 8.89. The first-order valence-electron chi connectivity index (χ1n) is 4.87. The number of benzene rings is 1.